The minimum Gasteiger partial charge on any atom is -0.478 e. The zero-order valence-electron chi connectivity index (χ0n) is 9.50. The van der Waals surface area contributed by atoms with Crippen molar-refractivity contribution in [2.75, 3.05) is 13.2 Å². The summed E-state index contributed by atoms with van der Waals surface area (Å²) in [6.45, 7) is 1.33. The second kappa shape index (κ2) is 4.59. The number of ether oxygens (including phenoxy) is 1. The molecular formula is C13H11NO3S. The maximum Gasteiger partial charge on any atom is 0.338 e. The highest BCUT2D eigenvalue weighted by atomic mass is 32.2. The molecule has 0 radical (unpaired) electrons. The first-order chi connectivity index (χ1) is 8.74. The zero-order valence-corrected chi connectivity index (χ0v) is 10.3. The number of carbonyl (C=O) groups is 1. The summed E-state index contributed by atoms with van der Waals surface area (Å²) in [7, 11) is 0. The molecule has 3 rings (SSSR count). The van der Waals surface area contributed by atoms with Crippen LogP contribution in [0.4, 0.5) is 0 Å². The third kappa shape index (κ3) is 2.07. The summed E-state index contributed by atoms with van der Waals surface area (Å²) in [4.78, 5) is 15.7. The van der Waals surface area contributed by atoms with Gasteiger partial charge in [-0.25, -0.2) is 9.78 Å². The van der Waals surface area contributed by atoms with Crippen molar-refractivity contribution in [1.82, 2.24) is 4.98 Å². The monoisotopic (exact) mass is 261 g/mol. The number of aromatic carboxylic acids is 1. The van der Waals surface area contributed by atoms with Gasteiger partial charge in [-0.15, -0.1) is 0 Å². The number of thioether (sulfide) groups is 1. The number of nitrogens with zero attached hydrogens (tertiary/aromatic N) is 1. The Morgan fingerprint density at radius 3 is 2.83 bits per heavy atom. The lowest BCUT2D eigenvalue weighted by molar-refractivity contribution is 0.0454. The number of benzene rings is 1. The van der Waals surface area contributed by atoms with Gasteiger partial charge in [-0.1, -0.05) is 30.0 Å². The molecular weight excluding hydrogens is 250 g/mol. The SMILES string of the molecule is O=C(O)c1cc2ccccc2nc1SC1COC1. The molecule has 0 bridgehead atoms. The largest absolute Gasteiger partial charge is 0.478 e. The van der Waals surface area contributed by atoms with Crippen LogP contribution in [0.15, 0.2) is 35.4 Å². The lowest BCUT2D eigenvalue weighted by Gasteiger charge is -2.25. The molecule has 0 amide bonds. The second-order valence-electron chi connectivity index (χ2n) is 4.12. The van der Waals surface area contributed by atoms with Crippen molar-refractivity contribution in [2.45, 2.75) is 10.3 Å². The van der Waals surface area contributed by atoms with Crippen LogP contribution in [0.25, 0.3) is 10.9 Å². The lowest BCUT2D eigenvalue weighted by atomic mass is 10.1. The maximum absolute atomic E-state index is 11.3. The minimum absolute atomic E-state index is 0.269. The van der Waals surface area contributed by atoms with E-state index in [1.807, 2.05) is 24.3 Å². The summed E-state index contributed by atoms with van der Waals surface area (Å²) in [6, 6.07) is 9.23. The molecule has 1 aromatic carbocycles. The van der Waals surface area contributed by atoms with Gasteiger partial charge in [0.2, 0.25) is 0 Å². The Bertz CT molecular complexity index is 610. The molecule has 1 aromatic heterocycles. The van der Waals surface area contributed by atoms with Crippen molar-refractivity contribution in [3.8, 4) is 0 Å². The zero-order chi connectivity index (χ0) is 12.5. The van der Waals surface area contributed by atoms with Crippen LogP contribution in [-0.4, -0.2) is 34.5 Å². The van der Waals surface area contributed by atoms with Crippen molar-refractivity contribution < 1.29 is 14.6 Å². The van der Waals surface area contributed by atoms with Crippen molar-refractivity contribution in [3.05, 3.63) is 35.9 Å². The fourth-order valence-corrected chi connectivity index (χ4v) is 2.85. The van der Waals surface area contributed by atoms with Gasteiger partial charge in [-0.2, -0.15) is 0 Å². The van der Waals surface area contributed by atoms with Gasteiger partial charge in [0.05, 0.1) is 29.5 Å². The number of para-hydroxylation sites is 1. The Balaban J connectivity index is 2.07. The van der Waals surface area contributed by atoms with E-state index in [1.165, 1.54) is 11.8 Å². The summed E-state index contributed by atoms with van der Waals surface area (Å²) in [6.07, 6.45) is 0. The van der Waals surface area contributed by atoms with Crippen LogP contribution in [0.3, 0.4) is 0 Å². The van der Waals surface area contributed by atoms with E-state index in [2.05, 4.69) is 4.98 Å². The molecule has 0 aliphatic carbocycles. The molecule has 1 aliphatic rings. The molecule has 92 valence electrons. The highest BCUT2D eigenvalue weighted by Gasteiger charge is 2.23. The Hall–Kier alpha value is -1.59. The van der Waals surface area contributed by atoms with E-state index in [1.54, 1.807) is 6.07 Å². The first kappa shape index (κ1) is 11.5. The fraction of sp³-hybridized carbons (Fsp3) is 0.231. The highest BCUT2D eigenvalue weighted by Crippen LogP contribution is 2.31. The van der Waals surface area contributed by atoms with Crippen LogP contribution in [0.5, 0.6) is 0 Å². The van der Waals surface area contributed by atoms with Gasteiger partial charge < -0.3 is 9.84 Å². The molecule has 2 heterocycles. The number of rotatable bonds is 3. The fourth-order valence-electron chi connectivity index (χ4n) is 1.78. The smallest absolute Gasteiger partial charge is 0.338 e. The highest BCUT2D eigenvalue weighted by molar-refractivity contribution is 8.00. The van der Waals surface area contributed by atoms with E-state index >= 15 is 0 Å². The second-order valence-corrected chi connectivity index (χ2v) is 5.41. The molecule has 18 heavy (non-hydrogen) atoms. The van der Waals surface area contributed by atoms with E-state index in [-0.39, 0.29) is 5.56 Å². The first-order valence-electron chi connectivity index (χ1n) is 5.61. The number of carboxylic acids is 1. The number of hydrogen-bond donors (Lipinski definition) is 1. The summed E-state index contributed by atoms with van der Waals surface area (Å²) in [5.74, 6) is -0.934. The minimum atomic E-state index is -0.934. The van der Waals surface area contributed by atoms with Gasteiger partial charge in [0.1, 0.15) is 5.03 Å². The van der Waals surface area contributed by atoms with Crippen molar-refractivity contribution >= 4 is 28.6 Å². The van der Waals surface area contributed by atoms with Gasteiger partial charge >= 0.3 is 5.97 Å². The number of pyridine rings is 1. The lowest BCUT2D eigenvalue weighted by Crippen LogP contribution is -2.30. The molecule has 1 saturated heterocycles. The van der Waals surface area contributed by atoms with E-state index in [9.17, 15) is 9.90 Å². The summed E-state index contributed by atoms with van der Waals surface area (Å²) < 4.78 is 5.10. The van der Waals surface area contributed by atoms with E-state index in [4.69, 9.17) is 4.74 Å². The quantitative estimate of drug-likeness (QED) is 0.919. The summed E-state index contributed by atoms with van der Waals surface area (Å²) in [5.41, 5.74) is 1.09. The Kier molecular flexibility index (Phi) is 2.93. The molecule has 2 aromatic rings. The van der Waals surface area contributed by atoms with Crippen LogP contribution in [0, 0.1) is 0 Å². The predicted molar refractivity (Wildman–Crippen MR) is 69.2 cm³/mol. The number of fused-ring (bicyclic) bond motifs is 1. The summed E-state index contributed by atoms with van der Waals surface area (Å²) in [5, 5.41) is 11.0. The third-order valence-electron chi connectivity index (χ3n) is 2.81. The van der Waals surface area contributed by atoms with Crippen molar-refractivity contribution in [2.24, 2.45) is 0 Å². The number of carboxylic acid groups (broad SMARTS) is 1. The predicted octanol–water partition coefficient (Wildman–Crippen LogP) is 2.42. The van der Waals surface area contributed by atoms with Crippen LogP contribution in [0.2, 0.25) is 0 Å². The molecule has 0 unspecified atom stereocenters. The standard InChI is InChI=1S/C13H11NO3S/c15-13(16)10-5-8-3-1-2-4-11(8)14-12(10)18-9-6-17-7-9/h1-5,9H,6-7H2,(H,15,16). The van der Waals surface area contributed by atoms with Crippen LogP contribution in [-0.2, 0) is 4.74 Å². The van der Waals surface area contributed by atoms with Crippen LogP contribution < -0.4 is 0 Å². The van der Waals surface area contributed by atoms with Gasteiger partial charge in [0, 0.05) is 5.39 Å². The first-order valence-corrected chi connectivity index (χ1v) is 6.49. The molecule has 0 atom stereocenters. The van der Waals surface area contributed by atoms with Crippen LogP contribution >= 0.6 is 11.8 Å². The topological polar surface area (TPSA) is 59.4 Å². The van der Waals surface area contributed by atoms with Gasteiger partial charge in [-0.3, -0.25) is 0 Å². The van der Waals surface area contributed by atoms with E-state index in [0.29, 0.717) is 23.5 Å². The van der Waals surface area contributed by atoms with Crippen LogP contribution in [0.1, 0.15) is 10.4 Å². The molecule has 5 heteroatoms. The van der Waals surface area contributed by atoms with Gasteiger partial charge in [0.25, 0.3) is 0 Å². The molecule has 0 saturated carbocycles. The molecule has 1 aliphatic heterocycles. The Morgan fingerprint density at radius 2 is 2.17 bits per heavy atom. The summed E-state index contributed by atoms with van der Waals surface area (Å²) >= 11 is 1.48. The molecule has 4 nitrogen and oxygen atoms in total. The average molecular weight is 261 g/mol. The number of aromatic nitrogens is 1. The molecule has 0 spiro atoms. The van der Waals surface area contributed by atoms with Gasteiger partial charge in [0.15, 0.2) is 0 Å². The Morgan fingerprint density at radius 1 is 1.39 bits per heavy atom. The maximum atomic E-state index is 11.3. The van der Waals surface area contributed by atoms with Crippen molar-refractivity contribution in [1.29, 1.82) is 0 Å². The number of hydrogen-bond acceptors (Lipinski definition) is 4. The van der Waals surface area contributed by atoms with E-state index < -0.39 is 5.97 Å². The Labute approximate surface area is 108 Å². The normalized spacial score (nSPS) is 15.6. The van der Waals surface area contributed by atoms with Gasteiger partial charge in [-0.05, 0) is 12.1 Å². The van der Waals surface area contributed by atoms with Crippen molar-refractivity contribution in [3.63, 3.8) is 0 Å². The van der Waals surface area contributed by atoms with E-state index in [0.717, 1.165) is 10.9 Å². The average Bonchev–Trinajstić information content (AvgIpc) is 2.32. The third-order valence-corrected chi connectivity index (χ3v) is 3.95. The molecule has 1 N–H and O–H groups in total. The molecule has 1 fully saturated rings.